The Hall–Kier alpha value is -1.80. The van der Waals surface area contributed by atoms with Crippen LogP contribution in [-0.2, 0) is 29.0 Å². The molecule has 0 radical (unpaired) electrons. The van der Waals surface area contributed by atoms with Crippen molar-refractivity contribution >= 4 is 28.8 Å². The number of ether oxygens (including phenoxy) is 1. The SMILES string of the molecule is COC(=O)c1ccc(CN(CCc2cc(C)cc(Cl)c2)S(=O)[O-])nc1. The van der Waals surface area contributed by atoms with Crippen LogP contribution in [0.3, 0.4) is 0 Å². The summed E-state index contributed by atoms with van der Waals surface area (Å²) in [5, 5.41) is 0.630. The summed E-state index contributed by atoms with van der Waals surface area (Å²) in [6.07, 6.45) is 1.91. The monoisotopic (exact) mass is 381 g/mol. The molecule has 0 aliphatic rings. The van der Waals surface area contributed by atoms with Crippen LogP contribution in [0.2, 0.25) is 5.02 Å². The van der Waals surface area contributed by atoms with Gasteiger partial charge in [0.2, 0.25) is 0 Å². The van der Waals surface area contributed by atoms with Gasteiger partial charge in [-0.05, 0) is 48.7 Å². The molecule has 25 heavy (non-hydrogen) atoms. The molecule has 1 unspecified atom stereocenters. The van der Waals surface area contributed by atoms with Crippen molar-refractivity contribution in [1.29, 1.82) is 0 Å². The normalized spacial score (nSPS) is 12.2. The smallest absolute Gasteiger partial charge is 0.339 e. The minimum atomic E-state index is -2.39. The summed E-state index contributed by atoms with van der Waals surface area (Å²) in [7, 11) is 1.29. The van der Waals surface area contributed by atoms with Gasteiger partial charge in [-0.3, -0.25) is 9.19 Å². The Morgan fingerprint density at radius 1 is 1.36 bits per heavy atom. The molecule has 1 aromatic heterocycles. The molecule has 0 saturated heterocycles. The maximum atomic E-state index is 11.5. The second-order valence-electron chi connectivity index (χ2n) is 5.50. The maximum absolute atomic E-state index is 11.5. The average molecular weight is 382 g/mol. The number of aryl methyl sites for hydroxylation is 1. The number of rotatable bonds is 7. The molecule has 2 rings (SSSR count). The number of esters is 1. The molecule has 8 heteroatoms. The maximum Gasteiger partial charge on any atom is 0.339 e. The lowest BCUT2D eigenvalue weighted by Gasteiger charge is -2.24. The first kappa shape index (κ1) is 19.5. The number of methoxy groups -OCH3 is 1. The molecule has 0 saturated carbocycles. The van der Waals surface area contributed by atoms with Crippen LogP contribution < -0.4 is 0 Å². The van der Waals surface area contributed by atoms with Crippen LogP contribution in [0.15, 0.2) is 36.5 Å². The fourth-order valence-corrected chi connectivity index (χ4v) is 3.14. The molecular formula is C17H18ClN2O4S-. The highest BCUT2D eigenvalue weighted by Gasteiger charge is 2.10. The van der Waals surface area contributed by atoms with Crippen molar-refractivity contribution in [2.24, 2.45) is 0 Å². The van der Waals surface area contributed by atoms with E-state index in [0.29, 0.717) is 29.2 Å². The van der Waals surface area contributed by atoms with Crippen LogP contribution in [0.25, 0.3) is 0 Å². The van der Waals surface area contributed by atoms with Gasteiger partial charge >= 0.3 is 5.97 Å². The largest absolute Gasteiger partial charge is 0.760 e. The Morgan fingerprint density at radius 3 is 2.68 bits per heavy atom. The van der Waals surface area contributed by atoms with Crippen LogP contribution in [0.4, 0.5) is 0 Å². The fraction of sp³-hybridized carbons (Fsp3) is 0.294. The van der Waals surface area contributed by atoms with Gasteiger partial charge in [-0.15, -0.1) is 0 Å². The zero-order chi connectivity index (χ0) is 18.4. The second-order valence-corrected chi connectivity index (χ2v) is 6.88. The third-order valence-electron chi connectivity index (χ3n) is 3.55. The lowest BCUT2D eigenvalue weighted by atomic mass is 10.1. The van der Waals surface area contributed by atoms with Crippen molar-refractivity contribution in [2.45, 2.75) is 19.9 Å². The summed E-state index contributed by atoms with van der Waals surface area (Å²) in [4.78, 5) is 15.5. The van der Waals surface area contributed by atoms with Gasteiger partial charge in [0.05, 0.1) is 24.9 Å². The number of carbonyl (C=O) groups is 1. The molecule has 6 nitrogen and oxygen atoms in total. The van der Waals surface area contributed by atoms with Crippen molar-refractivity contribution in [3.05, 3.63) is 63.9 Å². The van der Waals surface area contributed by atoms with E-state index in [2.05, 4.69) is 9.72 Å². The summed E-state index contributed by atoms with van der Waals surface area (Å²) < 4.78 is 28.8. The first-order valence-corrected chi connectivity index (χ1v) is 8.93. The first-order valence-electron chi connectivity index (χ1n) is 7.52. The molecule has 0 amide bonds. The third-order valence-corrected chi connectivity index (χ3v) is 4.50. The number of aromatic nitrogens is 1. The van der Waals surface area contributed by atoms with Crippen LogP contribution in [0, 0.1) is 6.92 Å². The summed E-state index contributed by atoms with van der Waals surface area (Å²) in [6.45, 7) is 2.36. The van der Waals surface area contributed by atoms with Crippen LogP contribution >= 0.6 is 11.6 Å². The Labute approximate surface area is 154 Å². The van der Waals surface area contributed by atoms with Crippen LogP contribution in [0.5, 0.6) is 0 Å². The number of benzene rings is 1. The van der Waals surface area contributed by atoms with E-state index in [0.717, 1.165) is 11.1 Å². The standard InChI is InChI=1S/C17H19ClN2O4S/c1-12-7-13(9-15(18)8-12)5-6-20(25(22)23)11-16-4-3-14(10-19-16)17(21)24-2/h3-4,7-10H,5-6,11H2,1-2H3,(H,22,23)/p-1. The van der Waals surface area contributed by atoms with Crippen molar-refractivity contribution in [1.82, 2.24) is 9.29 Å². The number of pyridine rings is 1. The lowest BCUT2D eigenvalue weighted by Crippen LogP contribution is -2.28. The van der Waals surface area contributed by atoms with E-state index >= 15 is 0 Å². The molecule has 0 bridgehead atoms. The molecule has 0 aliphatic carbocycles. The van der Waals surface area contributed by atoms with E-state index in [4.69, 9.17) is 11.6 Å². The highest BCUT2D eigenvalue weighted by Crippen LogP contribution is 2.16. The lowest BCUT2D eigenvalue weighted by molar-refractivity contribution is 0.0600. The van der Waals surface area contributed by atoms with Gasteiger partial charge in [-0.2, -0.15) is 0 Å². The van der Waals surface area contributed by atoms with Crippen LogP contribution in [-0.4, -0.2) is 37.7 Å². The van der Waals surface area contributed by atoms with Gasteiger partial charge in [0.1, 0.15) is 0 Å². The van der Waals surface area contributed by atoms with Crippen molar-refractivity contribution in [3.63, 3.8) is 0 Å². The van der Waals surface area contributed by atoms with Crippen LogP contribution in [0.1, 0.15) is 27.2 Å². The van der Waals surface area contributed by atoms with Gasteiger partial charge < -0.3 is 9.29 Å². The Balaban J connectivity index is 2.03. The van der Waals surface area contributed by atoms with Crippen molar-refractivity contribution < 1.29 is 18.3 Å². The molecule has 1 atom stereocenters. The van der Waals surface area contributed by atoms with E-state index in [9.17, 15) is 13.6 Å². The van der Waals surface area contributed by atoms with E-state index < -0.39 is 17.2 Å². The Kier molecular flexibility index (Phi) is 7.07. The quantitative estimate of drug-likeness (QED) is 0.544. The zero-order valence-electron chi connectivity index (χ0n) is 13.9. The molecule has 0 spiro atoms. The summed E-state index contributed by atoms with van der Waals surface area (Å²) in [6, 6.07) is 8.81. The van der Waals surface area contributed by atoms with Gasteiger partial charge in [0.25, 0.3) is 0 Å². The minimum Gasteiger partial charge on any atom is -0.760 e. The summed E-state index contributed by atoms with van der Waals surface area (Å²) in [5.74, 6) is -0.486. The summed E-state index contributed by atoms with van der Waals surface area (Å²) in [5.41, 5.74) is 2.85. The molecular weight excluding hydrogens is 364 g/mol. The Bertz CT molecular complexity index is 747. The number of halogens is 1. The molecule has 134 valence electrons. The van der Waals surface area contributed by atoms with Gasteiger partial charge in [-0.25, -0.2) is 9.10 Å². The predicted molar refractivity (Wildman–Crippen MR) is 94.8 cm³/mol. The zero-order valence-corrected chi connectivity index (χ0v) is 15.5. The van der Waals surface area contributed by atoms with E-state index in [1.165, 1.54) is 17.6 Å². The fourth-order valence-electron chi connectivity index (χ4n) is 2.35. The molecule has 0 fully saturated rings. The van der Waals surface area contributed by atoms with Crippen molar-refractivity contribution in [3.8, 4) is 0 Å². The van der Waals surface area contributed by atoms with E-state index in [1.807, 2.05) is 25.1 Å². The number of nitrogens with zero attached hydrogens (tertiary/aromatic N) is 2. The van der Waals surface area contributed by atoms with Gasteiger partial charge in [0.15, 0.2) is 0 Å². The van der Waals surface area contributed by atoms with Gasteiger partial charge in [-0.1, -0.05) is 17.7 Å². The van der Waals surface area contributed by atoms with Crippen molar-refractivity contribution in [2.75, 3.05) is 13.7 Å². The van der Waals surface area contributed by atoms with E-state index in [-0.39, 0.29) is 6.54 Å². The molecule has 1 heterocycles. The molecule has 2 aromatic rings. The Morgan fingerprint density at radius 2 is 2.12 bits per heavy atom. The van der Waals surface area contributed by atoms with Gasteiger partial charge in [0, 0.05) is 29.0 Å². The minimum absolute atomic E-state index is 0.122. The molecule has 1 aromatic carbocycles. The molecule has 0 N–H and O–H groups in total. The molecule has 0 aliphatic heterocycles. The van der Waals surface area contributed by atoms with E-state index in [1.54, 1.807) is 12.1 Å². The first-order chi connectivity index (χ1) is 11.9. The average Bonchev–Trinajstić information content (AvgIpc) is 2.57. The third kappa shape index (κ3) is 5.89. The predicted octanol–water partition coefficient (Wildman–Crippen LogP) is 2.67. The highest BCUT2D eigenvalue weighted by atomic mass is 35.5. The second kappa shape index (κ2) is 9.05. The number of hydrogen-bond donors (Lipinski definition) is 0. The highest BCUT2D eigenvalue weighted by molar-refractivity contribution is 7.76. The summed E-state index contributed by atoms with van der Waals surface area (Å²) >= 11 is 3.64. The number of hydrogen-bond acceptors (Lipinski definition) is 5. The topological polar surface area (TPSA) is 82.6 Å². The number of carbonyl (C=O) groups excluding carboxylic acids is 1.